The number of benzene rings is 1. The Bertz CT molecular complexity index is 850. The van der Waals surface area contributed by atoms with Crippen LogP contribution in [0.3, 0.4) is 0 Å². The van der Waals surface area contributed by atoms with Crippen molar-refractivity contribution in [1.82, 2.24) is 14.6 Å². The molecule has 1 fully saturated rings. The quantitative estimate of drug-likeness (QED) is 0.889. The molecule has 1 N–H and O–H groups in total. The predicted molar refractivity (Wildman–Crippen MR) is 75.9 cm³/mol. The molecule has 10 heteroatoms. The molecule has 1 aromatic carbocycles. The predicted octanol–water partition coefficient (Wildman–Crippen LogP) is 1.22. The average molecular weight is 346 g/mol. The van der Waals surface area contributed by atoms with Gasteiger partial charge in [0.2, 0.25) is 10.0 Å². The van der Waals surface area contributed by atoms with Crippen LogP contribution < -0.4 is 0 Å². The highest BCUT2D eigenvalue weighted by Gasteiger charge is 2.41. The maximum absolute atomic E-state index is 12.8. The van der Waals surface area contributed by atoms with Crippen LogP contribution in [-0.2, 0) is 14.8 Å². The van der Waals surface area contributed by atoms with E-state index in [-0.39, 0.29) is 40.0 Å². The Kier molecular flexibility index (Phi) is 3.58. The zero-order valence-corrected chi connectivity index (χ0v) is 13.0. The van der Waals surface area contributed by atoms with Crippen LogP contribution in [0.5, 0.6) is 0 Å². The number of carboxylic acid groups (broad SMARTS) is 1. The smallest absolute Gasteiger partial charge is 0.308 e. The molecule has 0 saturated carbocycles. The lowest BCUT2D eigenvalue weighted by Gasteiger charge is -2.16. The molecule has 0 aliphatic carbocycles. The van der Waals surface area contributed by atoms with Crippen molar-refractivity contribution in [2.24, 2.45) is 11.8 Å². The van der Waals surface area contributed by atoms with E-state index in [1.807, 2.05) is 0 Å². The number of carboxylic acids is 1. The van der Waals surface area contributed by atoms with Crippen LogP contribution >= 0.6 is 11.6 Å². The summed E-state index contributed by atoms with van der Waals surface area (Å²) < 4.78 is 31.2. The molecule has 1 saturated heterocycles. The second-order valence-electron chi connectivity index (χ2n) is 5.25. The zero-order chi connectivity index (χ0) is 16.1. The van der Waals surface area contributed by atoms with Crippen LogP contribution in [0, 0.1) is 11.8 Å². The molecule has 22 heavy (non-hydrogen) atoms. The number of halogens is 1. The van der Waals surface area contributed by atoms with E-state index >= 15 is 0 Å². The number of sulfonamides is 1. The summed E-state index contributed by atoms with van der Waals surface area (Å²) in [6.45, 7) is 1.77. The summed E-state index contributed by atoms with van der Waals surface area (Å²) in [5.41, 5.74) is 0.198. The Labute approximate surface area is 130 Å². The monoisotopic (exact) mass is 345 g/mol. The molecule has 1 aromatic heterocycles. The third-order valence-electron chi connectivity index (χ3n) is 3.84. The number of nitrogens with zero attached hydrogens (tertiary/aromatic N) is 3. The topological polar surface area (TPSA) is 114 Å². The van der Waals surface area contributed by atoms with Gasteiger partial charge in [-0.1, -0.05) is 18.5 Å². The number of fused-ring (bicyclic) bond motifs is 1. The number of aliphatic carboxylic acids is 1. The normalized spacial score (nSPS) is 23.2. The first-order chi connectivity index (χ1) is 10.3. The van der Waals surface area contributed by atoms with Gasteiger partial charge in [-0.05, 0) is 28.4 Å². The largest absolute Gasteiger partial charge is 0.481 e. The maximum atomic E-state index is 12.8. The Hall–Kier alpha value is -1.71. The molecule has 0 radical (unpaired) electrons. The van der Waals surface area contributed by atoms with Gasteiger partial charge in [0.15, 0.2) is 11.0 Å². The third-order valence-corrected chi connectivity index (χ3v) is 6.01. The van der Waals surface area contributed by atoms with E-state index in [2.05, 4.69) is 14.9 Å². The van der Waals surface area contributed by atoms with Crippen molar-refractivity contribution in [3.8, 4) is 0 Å². The van der Waals surface area contributed by atoms with E-state index in [9.17, 15) is 13.2 Å². The van der Waals surface area contributed by atoms with Gasteiger partial charge in [-0.15, -0.1) is 0 Å². The molecule has 2 heterocycles. The Morgan fingerprint density at radius 2 is 2.05 bits per heavy atom. The highest BCUT2D eigenvalue weighted by atomic mass is 35.5. The first kappa shape index (κ1) is 15.2. The van der Waals surface area contributed by atoms with Crippen molar-refractivity contribution in [1.29, 1.82) is 0 Å². The Balaban J connectivity index is 2.05. The van der Waals surface area contributed by atoms with Gasteiger partial charge < -0.3 is 5.11 Å². The van der Waals surface area contributed by atoms with E-state index in [0.29, 0.717) is 0 Å². The van der Waals surface area contributed by atoms with Crippen molar-refractivity contribution in [3.63, 3.8) is 0 Å². The number of rotatable bonds is 3. The fraction of sp³-hybridized carbons (Fsp3) is 0.417. The van der Waals surface area contributed by atoms with Gasteiger partial charge in [-0.2, -0.15) is 4.31 Å². The summed E-state index contributed by atoms with van der Waals surface area (Å²) in [6.07, 6.45) is 0. The van der Waals surface area contributed by atoms with Crippen LogP contribution in [0.4, 0.5) is 0 Å². The molecule has 2 atom stereocenters. The summed E-state index contributed by atoms with van der Waals surface area (Å²) in [5, 5.41) is 16.5. The maximum Gasteiger partial charge on any atom is 0.308 e. The molecule has 1 aliphatic heterocycles. The van der Waals surface area contributed by atoms with E-state index in [4.69, 9.17) is 16.7 Å². The zero-order valence-electron chi connectivity index (χ0n) is 11.4. The summed E-state index contributed by atoms with van der Waals surface area (Å²) >= 11 is 5.92. The van der Waals surface area contributed by atoms with Crippen molar-refractivity contribution < 1.29 is 22.9 Å². The fourth-order valence-corrected chi connectivity index (χ4v) is 4.47. The molecule has 3 rings (SSSR count). The second kappa shape index (κ2) is 5.18. The summed E-state index contributed by atoms with van der Waals surface area (Å²) in [5.74, 6) is -2.01. The van der Waals surface area contributed by atoms with Gasteiger partial charge in [-0.3, -0.25) is 4.79 Å². The SMILES string of the molecule is C[C@@H]1CN(S(=O)(=O)c2ccc(Cl)c3nonc23)C[C@H]1C(=O)O. The van der Waals surface area contributed by atoms with Crippen LogP contribution in [0.2, 0.25) is 5.02 Å². The summed E-state index contributed by atoms with van der Waals surface area (Å²) in [7, 11) is -3.90. The number of aromatic nitrogens is 2. The number of hydrogen-bond donors (Lipinski definition) is 1. The second-order valence-corrected chi connectivity index (χ2v) is 7.56. The molecule has 0 unspecified atom stereocenters. The molecule has 2 aromatic rings. The van der Waals surface area contributed by atoms with E-state index in [1.54, 1.807) is 6.92 Å². The van der Waals surface area contributed by atoms with Crippen molar-refractivity contribution in [3.05, 3.63) is 17.2 Å². The van der Waals surface area contributed by atoms with Gasteiger partial charge in [0.25, 0.3) is 0 Å². The van der Waals surface area contributed by atoms with Gasteiger partial charge in [0.05, 0.1) is 10.9 Å². The van der Waals surface area contributed by atoms with Crippen LogP contribution in [0.25, 0.3) is 11.0 Å². The minimum atomic E-state index is -3.90. The van der Waals surface area contributed by atoms with Gasteiger partial charge in [-0.25, -0.2) is 13.0 Å². The van der Waals surface area contributed by atoms with Gasteiger partial charge >= 0.3 is 5.97 Å². The minimum Gasteiger partial charge on any atom is -0.481 e. The first-order valence-electron chi connectivity index (χ1n) is 6.46. The molecule has 0 spiro atoms. The molecule has 1 aliphatic rings. The fourth-order valence-electron chi connectivity index (χ4n) is 2.60. The lowest BCUT2D eigenvalue weighted by atomic mass is 9.99. The Morgan fingerprint density at radius 3 is 2.68 bits per heavy atom. The summed E-state index contributed by atoms with van der Waals surface area (Å²) in [6, 6.07) is 2.72. The van der Waals surface area contributed by atoms with Crippen molar-refractivity contribution in [2.75, 3.05) is 13.1 Å². The summed E-state index contributed by atoms with van der Waals surface area (Å²) in [4.78, 5) is 11.1. The van der Waals surface area contributed by atoms with E-state index in [1.165, 1.54) is 12.1 Å². The molecule has 0 amide bonds. The highest BCUT2D eigenvalue weighted by molar-refractivity contribution is 7.89. The lowest BCUT2D eigenvalue weighted by Crippen LogP contribution is -2.30. The minimum absolute atomic E-state index is 0.0407. The van der Waals surface area contributed by atoms with Gasteiger partial charge in [0, 0.05) is 13.1 Å². The van der Waals surface area contributed by atoms with Crippen LogP contribution in [0.15, 0.2) is 21.7 Å². The molecular formula is C12H12ClN3O5S. The highest BCUT2D eigenvalue weighted by Crippen LogP contribution is 2.32. The third kappa shape index (κ3) is 2.25. The van der Waals surface area contributed by atoms with Gasteiger partial charge in [0.1, 0.15) is 4.90 Å². The van der Waals surface area contributed by atoms with Crippen molar-refractivity contribution >= 4 is 38.6 Å². The average Bonchev–Trinajstić information content (AvgIpc) is 3.05. The van der Waals surface area contributed by atoms with Crippen LogP contribution in [0.1, 0.15) is 6.92 Å². The molecule has 8 nitrogen and oxygen atoms in total. The van der Waals surface area contributed by atoms with Crippen LogP contribution in [-0.4, -0.2) is 47.2 Å². The first-order valence-corrected chi connectivity index (χ1v) is 8.28. The lowest BCUT2D eigenvalue weighted by molar-refractivity contribution is -0.142. The van der Waals surface area contributed by atoms with Crippen molar-refractivity contribution in [2.45, 2.75) is 11.8 Å². The standard InChI is InChI=1S/C12H12ClN3O5S/c1-6-4-16(5-7(6)12(17)18)22(19,20)9-3-2-8(13)10-11(9)15-21-14-10/h2-3,6-7H,4-5H2,1H3,(H,17,18)/t6-,7-/m1/s1. The van der Waals surface area contributed by atoms with E-state index in [0.717, 1.165) is 4.31 Å². The molecule has 118 valence electrons. The van der Waals surface area contributed by atoms with E-state index < -0.39 is 21.9 Å². The molecule has 0 bridgehead atoms. The molecular weight excluding hydrogens is 334 g/mol. The number of hydrogen-bond acceptors (Lipinski definition) is 6. The number of carbonyl (C=O) groups is 1. The Morgan fingerprint density at radius 1 is 1.36 bits per heavy atom.